The summed E-state index contributed by atoms with van der Waals surface area (Å²) in [5, 5.41) is 0. The Kier molecular flexibility index (Phi) is 10.6. The second kappa shape index (κ2) is 8.79. The number of hydrogen-bond donors (Lipinski definition) is 0. The fraction of sp³-hybridized carbons (Fsp3) is 0.273. The quantitative estimate of drug-likeness (QED) is 0.389. The van der Waals surface area contributed by atoms with E-state index in [9.17, 15) is 0 Å². The molecule has 0 spiro atoms. The molecule has 0 amide bonds. The molecule has 0 radical (unpaired) electrons. The number of allylic oxidation sites excluding steroid dienone is 1. The van der Waals surface area contributed by atoms with Gasteiger partial charge in [-0.15, -0.1) is 6.58 Å². The van der Waals surface area contributed by atoms with Crippen LogP contribution in [0.4, 0.5) is 0 Å². The Labute approximate surface area is 107 Å². The number of halogens is 1. The van der Waals surface area contributed by atoms with Crippen molar-refractivity contribution < 1.29 is 17.0 Å². The van der Waals surface area contributed by atoms with E-state index in [2.05, 4.69) is 25.6 Å². The van der Waals surface area contributed by atoms with E-state index in [4.69, 9.17) is 0 Å². The molecular weight excluding hydrogens is 236 g/mol. The van der Waals surface area contributed by atoms with Gasteiger partial charge in [-0.3, -0.25) is 0 Å². The van der Waals surface area contributed by atoms with Crippen molar-refractivity contribution in [1.82, 2.24) is 0 Å². The van der Waals surface area contributed by atoms with E-state index < -0.39 is 0 Å². The molecule has 0 aliphatic heterocycles. The van der Waals surface area contributed by atoms with Crippen LogP contribution in [0.3, 0.4) is 0 Å². The van der Waals surface area contributed by atoms with Crippen molar-refractivity contribution in [1.29, 1.82) is 0 Å². The minimum atomic E-state index is 0. The van der Waals surface area contributed by atoms with Crippen molar-refractivity contribution in [3.63, 3.8) is 0 Å². The number of rotatable bonds is 3. The molecule has 0 aliphatic rings. The average molecular weight is 249 g/mol. The van der Waals surface area contributed by atoms with Crippen molar-refractivity contribution in [3.8, 4) is 0 Å². The van der Waals surface area contributed by atoms with Gasteiger partial charge in [0.15, 0.2) is 0 Å². The predicted octanol–water partition coefficient (Wildman–Crippen LogP) is -0.381. The van der Waals surface area contributed by atoms with E-state index in [1.165, 1.54) is 11.1 Å². The predicted molar refractivity (Wildman–Crippen MR) is 54.2 cm³/mol. The Morgan fingerprint density at radius 3 is 2.62 bits per heavy atom. The van der Waals surface area contributed by atoms with Crippen molar-refractivity contribution in [2.45, 2.75) is 19.8 Å². The van der Waals surface area contributed by atoms with Gasteiger partial charge in [0, 0.05) is 0 Å². The van der Waals surface area contributed by atoms with E-state index in [1.807, 2.05) is 18.2 Å². The normalized spacial score (nSPS) is 8.08. The van der Waals surface area contributed by atoms with Gasteiger partial charge in [-0.1, -0.05) is 5.57 Å². The zero-order valence-electron chi connectivity index (χ0n) is 8.02. The first-order chi connectivity index (χ1) is 5.29. The van der Waals surface area contributed by atoms with Crippen LogP contribution in [0.2, 0.25) is 0 Å². The molecule has 0 heterocycles. The topological polar surface area (TPSA) is 0 Å². The van der Waals surface area contributed by atoms with Crippen LogP contribution in [-0.4, -0.2) is 23.1 Å². The standard InChI is InChI=1S/C11H13.BrH.Mg/c1-10(2)8-9-11-6-4-3-5-7-11;;/h3-6H,1,8-9H2,2H3;1H;/q-1;;+2/p-1. The van der Waals surface area contributed by atoms with Gasteiger partial charge in [0.05, 0.1) is 0 Å². The Morgan fingerprint density at radius 1 is 1.46 bits per heavy atom. The Hall–Kier alpha value is 0.206. The maximum Gasteiger partial charge on any atom is 2.00 e. The molecule has 0 aromatic heterocycles. The molecule has 2 heteroatoms. The summed E-state index contributed by atoms with van der Waals surface area (Å²) in [4.78, 5) is 0. The summed E-state index contributed by atoms with van der Waals surface area (Å²) in [6, 6.07) is 11.3. The Morgan fingerprint density at radius 2 is 2.15 bits per heavy atom. The zero-order valence-corrected chi connectivity index (χ0v) is 11.0. The Bertz CT molecular complexity index is 231. The fourth-order valence-corrected chi connectivity index (χ4v) is 0.934. The molecule has 1 rings (SSSR count). The third-order valence-corrected chi connectivity index (χ3v) is 1.59. The molecule has 0 unspecified atom stereocenters. The third kappa shape index (κ3) is 7.29. The summed E-state index contributed by atoms with van der Waals surface area (Å²) in [5.74, 6) is 0. The smallest absolute Gasteiger partial charge is 1.00 e. The summed E-state index contributed by atoms with van der Waals surface area (Å²) in [7, 11) is 0. The first kappa shape index (κ1) is 15.7. The van der Waals surface area contributed by atoms with Gasteiger partial charge >= 0.3 is 23.1 Å². The zero-order chi connectivity index (χ0) is 8.10. The summed E-state index contributed by atoms with van der Waals surface area (Å²) in [5.41, 5.74) is 2.51. The van der Waals surface area contributed by atoms with Crippen molar-refractivity contribution in [2.24, 2.45) is 0 Å². The van der Waals surface area contributed by atoms with Crippen molar-refractivity contribution in [3.05, 3.63) is 48.0 Å². The molecule has 0 N–H and O–H groups in total. The van der Waals surface area contributed by atoms with Gasteiger partial charge in [-0.05, 0) is 19.8 Å². The molecule has 13 heavy (non-hydrogen) atoms. The second-order valence-corrected chi connectivity index (χ2v) is 2.84. The van der Waals surface area contributed by atoms with Crippen LogP contribution in [0.25, 0.3) is 0 Å². The first-order valence-corrected chi connectivity index (χ1v) is 3.89. The largest absolute Gasteiger partial charge is 2.00 e. The van der Waals surface area contributed by atoms with Gasteiger partial charge < -0.3 is 17.0 Å². The molecule has 0 nitrogen and oxygen atoms in total. The van der Waals surface area contributed by atoms with Crippen molar-refractivity contribution in [2.75, 3.05) is 0 Å². The number of benzene rings is 1. The summed E-state index contributed by atoms with van der Waals surface area (Å²) in [6.45, 7) is 5.91. The number of aryl methyl sites for hydroxylation is 1. The maximum absolute atomic E-state index is 3.86. The second-order valence-electron chi connectivity index (χ2n) is 2.84. The summed E-state index contributed by atoms with van der Waals surface area (Å²) < 4.78 is 0. The van der Waals surface area contributed by atoms with Crippen LogP contribution in [0, 0.1) is 6.07 Å². The number of hydrogen-bond acceptors (Lipinski definition) is 0. The van der Waals surface area contributed by atoms with E-state index in [0.29, 0.717) is 0 Å². The van der Waals surface area contributed by atoms with Crippen LogP contribution in [-0.2, 0) is 6.42 Å². The molecule has 0 atom stereocenters. The molecule has 0 aliphatic carbocycles. The van der Waals surface area contributed by atoms with E-state index >= 15 is 0 Å². The fourth-order valence-electron chi connectivity index (χ4n) is 0.934. The SMILES string of the molecule is C=C(C)CCc1[c-]cccc1.[Br-].[Mg+2]. The minimum absolute atomic E-state index is 0. The van der Waals surface area contributed by atoms with Crippen LogP contribution < -0.4 is 17.0 Å². The molecular formula is C11H13BrMg. The average Bonchev–Trinajstić information content (AvgIpc) is 2.03. The van der Waals surface area contributed by atoms with Crippen molar-refractivity contribution >= 4 is 23.1 Å². The van der Waals surface area contributed by atoms with Crippen LogP contribution >= 0.6 is 0 Å². The van der Waals surface area contributed by atoms with Gasteiger partial charge in [0.25, 0.3) is 0 Å². The maximum atomic E-state index is 3.86. The van der Waals surface area contributed by atoms with E-state index in [0.717, 1.165) is 12.8 Å². The summed E-state index contributed by atoms with van der Waals surface area (Å²) in [6.07, 6.45) is 2.14. The molecule has 1 aromatic carbocycles. The van der Waals surface area contributed by atoms with Gasteiger partial charge in [0.1, 0.15) is 0 Å². The van der Waals surface area contributed by atoms with Crippen LogP contribution in [0.5, 0.6) is 0 Å². The monoisotopic (exact) mass is 248 g/mol. The van der Waals surface area contributed by atoms with Crippen LogP contribution in [0.15, 0.2) is 36.4 Å². The molecule has 66 valence electrons. The van der Waals surface area contributed by atoms with E-state index in [1.54, 1.807) is 0 Å². The third-order valence-electron chi connectivity index (χ3n) is 1.59. The first-order valence-electron chi connectivity index (χ1n) is 3.89. The Balaban J connectivity index is 0. The molecule has 0 saturated carbocycles. The van der Waals surface area contributed by atoms with Gasteiger partial charge in [-0.25, -0.2) is 0 Å². The summed E-state index contributed by atoms with van der Waals surface area (Å²) >= 11 is 0. The van der Waals surface area contributed by atoms with Crippen LogP contribution in [0.1, 0.15) is 18.9 Å². The molecule has 0 bridgehead atoms. The molecule has 1 aromatic rings. The minimum Gasteiger partial charge on any atom is -1.00 e. The van der Waals surface area contributed by atoms with Gasteiger partial charge in [0.2, 0.25) is 0 Å². The van der Waals surface area contributed by atoms with E-state index in [-0.39, 0.29) is 40.0 Å². The molecule has 0 fully saturated rings. The van der Waals surface area contributed by atoms with Gasteiger partial charge in [-0.2, -0.15) is 35.9 Å². The molecule has 0 saturated heterocycles.